The van der Waals surface area contributed by atoms with E-state index in [1.165, 1.54) is 0 Å². The van der Waals surface area contributed by atoms with Gasteiger partial charge in [-0.3, -0.25) is 0 Å². The van der Waals surface area contributed by atoms with Crippen molar-refractivity contribution in [2.45, 2.75) is 56.0 Å². The number of hydrogen-bond donors (Lipinski definition) is 0. The molecule has 3 fully saturated rings. The Morgan fingerprint density at radius 3 is 2.43 bits per heavy atom. The van der Waals surface area contributed by atoms with Crippen molar-refractivity contribution in [1.82, 2.24) is 0 Å². The van der Waals surface area contributed by atoms with Crippen LogP contribution in [0, 0.1) is 0 Å². The molecule has 6 nitrogen and oxygen atoms in total. The van der Waals surface area contributed by atoms with Crippen LogP contribution in [0.3, 0.4) is 0 Å². The molecule has 23 heavy (non-hydrogen) atoms. The van der Waals surface area contributed by atoms with Gasteiger partial charge in [-0.05, 0) is 32.4 Å². The van der Waals surface area contributed by atoms with E-state index >= 15 is 0 Å². The summed E-state index contributed by atoms with van der Waals surface area (Å²) in [4.78, 5) is 0. The molecule has 3 unspecified atom stereocenters. The number of rotatable bonds is 2. The minimum absolute atomic E-state index is 0.0973. The molecule has 1 saturated carbocycles. The Balaban J connectivity index is 1.39. The summed E-state index contributed by atoms with van der Waals surface area (Å²) in [6.07, 6.45) is 0.00857. The van der Waals surface area contributed by atoms with Gasteiger partial charge < -0.3 is 28.3 Å². The molecular formula is C16H19BO6. The van der Waals surface area contributed by atoms with Crippen LogP contribution in [-0.4, -0.2) is 44.1 Å². The van der Waals surface area contributed by atoms with E-state index in [-0.39, 0.29) is 25.1 Å². The predicted octanol–water partition coefficient (Wildman–Crippen LogP) is 1.98. The lowest BCUT2D eigenvalue weighted by Crippen LogP contribution is -2.37. The molecule has 2 saturated heterocycles. The average Bonchev–Trinajstić information content (AvgIpc) is 2.80. The van der Waals surface area contributed by atoms with Crippen LogP contribution in [0.5, 0.6) is 11.5 Å². The molecule has 0 bridgehead atoms. The van der Waals surface area contributed by atoms with Gasteiger partial charge in [0.15, 0.2) is 12.1 Å². The van der Waals surface area contributed by atoms with Crippen LogP contribution in [0.15, 0.2) is 24.3 Å². The van der Waals surface area contributed by atoms with E-state index in [2.05, 4.69) is 0 Å². The van der Waals surface area contributed by atoms with Gasteiger partial charge in [-0.2, -0.15) is 0 Å². The standard InChI is InChI=1S/C16H19BO6/c1-15(2)19-12-13(20-15)16(21-14(12)18-3)8-11(16)17-22-9-6-4-5-7-10(9)23-17/h4-7,11-14H,8H2,1-3H3/t11-,12?,13?,14?,16+/m0/s1. The Bertz CT molecular complexity index is 626. The van der Waals surface area contributed by atoms with Crippen LogP contribution >= 0.6 is 0 Å². The Morgan fingerprint density at radius 1 is 1.09 bits per heavy atom. The topological polar surface area (TPSA) is 55.4 Å². The minimum Gasteiger partial charge on any atom is -0.523 e. The number of methoxy groups -OCH3 is 1. The largest absolute Gasteiger partial charge is 0.601 e. The van der Waals surface area contributed by atoms with E-state index in [4.69, 9.17) is 28.3 Å². The summed E-state index contributed by atoms with van der Waals surface area (Å²) in [5, 5.41) is 0. The molecule has 7 heteroatoms. The first-order valence-electron chi connectivity index (χ1n) is 8.01. The summed E-state index contributed by atoms with van der Waals surface area (Å²) in [6, 6.07) is 7.71. The van der Waals surface area contributed by atoms with E-state index in [1.807, 2.05) is 38.1 Å². The monoisotopic (exact) mass is 318 g/mol. The Kier molecular flexibility index (Phi) is 2.71. The highest BCUT2D eigenvalue weighted by Crippen LogP contribution is 2.65. The zero-order valence-electron chi connectivity index (χ0n) is 13.4. The van der Waals surface area contributed by atoms with Crippen LogP contribution in [0.25, 0.3) is 0 Å². The fraction of sp³-hybridized carbons (Fsp3) is 0.625. The Hall–Kier alpha value is -1.28. The first-order valence-corrected chi connectivity index (χ1v) is 8.01. The van der Waals surface area contributed by atoms with Gasteiger partial charge >= 0.3 is 7.12 Å². The lowest BCUT2D eigenvalue weighted by molar-refractivity contribution is -0.232. The zero-order chi connectivity index (χ0) is 15.8. The van der Waals surface area contributed by atoms with Gasteiger partial charge in [-0.1, -0.05) is 12.1 Å². The van der Waals surface area contributed by atoms with Crippen LogP contribution in [0.1, 0.15) is 20.3 Å². The van der Waals surface area contributed by atoms with E-state index in [0.29, 0.717) is 0 Å². The molecule has 122 valence electrons. The van der Waals surface area contributed by atoms with Crippen molar-refractivity contribution in [3.63, 3.8) is 0 Å². The number of benzene rings is 1. The van der Waals surface area contributed by atoms with Gasteiger partial charge in [0, 0.05) is 7.11 Å². The Morgan fingerprint density at radius 2 is 1.78 bits per heavy atom. The maximum absolute atomic E-state index is 6.16. The fourth-order valence-electron chi connectivity index (χ4n) is 4.06. The third-order valence-corrected chi connectivity index (χ3v) is 5.12. The maximum Gasteiger partial charge on any atom is 0.601 e. The van der Waals surface area contributed by atoms with E-state index < -0.39 is 17.7 Å². The van der Waals surface area contributed by atoms with Gasteiger partial charge in [0.1, 0.15) is 29.3 Å². The number of hydrogen-bond acceptors (Lipinski definition) is 6. The number of para-hydroxylation sites is 2. The fourth-order valence-corrected chi connectivity index (χ4v) is 4.06. The van der Waals surface area contributed by atoms with Crippen molar-refractivity contribution in [1.29, 1.82) is 0 Å². The predicted molar refractivity (Wildman–Crippen MR) is 80.3 cm³/mol. The molecule has 1 aliphatic carbocycles. The van der Waals surface area contributed by atoms with Gasteiger partial charge in [0.25, 0.3) is 0 Å². The summed E-state index contributed by atoms with van der Waals surface area (Å²) in [5.74, 6) is 1.03. The molecule has 0 amide bonds. The van der Waals surface area contributed by atoms with Crippen molar-refractivity contribution in [3.8, 4) is 11.5 Å². The van der Waals surface area contributed by atoms with Crippen molar-refractivity contribution >= 4 is 7.12 Å². The molecule has 5 rings (SSSR count). The second-order valence-electron chi connectivity index (χ2n) is 7.06. The molecule has 1 aromatic rings. The first-order chi connectivity index (χ1) is 11.0. The summed E-state index contributed by atoms with van der Waals surface area (Å²) < 4.78 is 35.6. The zero-order valence-corrected chi connectivity index (χ0v) is 13.4. The van der Waals surface area contributed by atoms with Crippen molar-refractivity contribution < 1.29 is 28.3 Å². The number of ether oxygens (including phenoxy) is 4. The number of fused-ring (bicyclic) bond motifs is 3. The van der Waals surface area contributed by atoms with E-state index in [0.717, 1.165) is 17.9 Å². The normalized spacial score (nSPS) is 42.3. The van der Waals surface area contributed by atoms with Crippen LogP contribution in [0.2, 0.25) is 5.82 Å². The van der Waals surface area contributed by atoms with E-state index in [9.17, 15) is 0 Å². The second kappa shape index (κ2) is 4.42. The molecule has 0 N–H and O–H groups in total. The highest BCUT2D eigenvalue weighted by atomic mass is 16.8. The smallest absolute Gasteiger partial charge is 0.523 e. The Labute approximate surface area is 135 Å². The highest BCUT2D eigenvalue weighted by molar-refractivity contribution is 6.51. The van der Waals surface area contributed by atoms with Crippen molar-refractivity contribution in [2.24, 2.45) is 0 Å². The minimum atomic E-state index is -0.629. The van der Waals surface area contributed by atoms with Crippen LogP contribution in [-0.2, 0) is 18.9 Å². The molecule has 4 aliphatic rings. The van der Waals surface area contributed by atoms with Gasteiger partial charge in [0.2, 0.25) is 0 Å². The molecule has 5 atom stereocenters. The molecule has 0 aromatic heterocycles. The lowest BCUT2D eigenvalue weighted by atomic mass is 9.79. The molecular weight excluding hydrogens is 299 g/mol. The first kappa shape index (κ1) is 14.1. The van der Waals surface area contributed by atoms with Crippen molar-refractivity contribution in [3.05, 3.63) is 24.3 Å². The molecule has 3 heterocycles. The summed E-state index contributed by atoms with van der Waals surface area (Å²) in [5.41, 5.74) is -0.453. The highest BCUT2D eigenvalue weighted by Gasteiger charge is 2.78. The lowest BCUT2D eigenvalue weighted by Gasteiger charge is -2.24. The average molecular weight is 318 g/mol. The van der Waals surface area contributed by atoms with Gasteiger partial charge in [-0.15, -0.1) is 0 Å². The van der Waals surface area contributed by atoms with Crippen LogP contribution < -0.4 is 9.31 Å². The third-order valence-electron chi connectivity index (χ3n) is 5.12. The van der Waals surface area contributed by atoms with Crippen molar-refractivity contribution in [2.75, 3.05) is 7.11 Å². The second-order valence-corrected chi connectivity index (χ2v) is 7.06. The summed E-state index contributed by atoms with van der Waals surface area (Å²) in [6.45, 7) is 3.84. The van der Waals surface area contributed by atoms with E-state index in [1.54, 1.807) is 7.11 Å². The van der Waals surface area contributed by atoms with Crippen LogP contribution in [0.4, 0.5) is 0 Å². The molecule has 1 spiro atoms. The SMILES string of the molecule is COC1O[C@@]2(C[C@@H]2B2Oc3ccccc3O2)C2OC(C)(C)OC12. The van der Waals surface area contributed by atoms with Gasteiger partial charge in [-0.25, -0.2) is 0 Å². The summed E-state index contributed by atoms with van der Waals surface area (Å²) in [7, 11) is 1.28. The van der Waals surface area contributed by atoms with Gasteiger partial charge in [0.05, 0.1) is 5.82 Å². The molecule has 1 aromatic carbocycles. The molecule has 0 radical (unpaired) electrons. The summed E-state index contributed by atoms with van der Waals surface area (Å²) >= 11 is 0. The maximum atomic E-state index is 6.16. The third kappa shape index (κ3) is 1.91. The quantitative estimate of drug-likeness (QED) is 0.777. The molecule has 3 aliphatic heterocycles.